The lowest BCUT2D eigenvalue weighted by Crippen LogP contribution is -1.97. The van der Waals surface area contributed by atoms with Crippen LogP contribution in [0.4, 0.5) is 4.39 Å². The summed E-state index contributed by atoms with van der Waals surface area (Å²) in [7, 11) is 0. The van der Waals surface area contributed by atoms with Crippen molar-refractivity contribution in [2.24, 2.45) is 0 Å². The minimum atomic E-state index is -0.487. The topological polar surface area (TPSA) is 9.23 Å². The minimum Gasteiger partial charge on any atom is -0.372 e. The molecule has 4 heteroatoms. The lowest BCUT2D eigenvalue weighted by molar-refractivity contribution is 0.107. The van der Waals surface area contributed by atoms with Gasteiger partial charge < -0.3 is 4.74 Å². The summed E-state index contributed by atoms with van der Waals surface area (Å²) >= 11 is 11.8. The highest BCUT2D eigenvalue weighted by Gasteiger charge is 2.10. The van der Waals surface area contributed by atoms with Crippen LogP contribution in [0.5, 0.6) is 0 Å². The normalized spacial score (nSPS) is 10.6. The molecule has 1 nitrogen and oxygen atoms in total. The van der Waals surface area contributed by atoms with Gasteiger partial charge in [-0.25, -0.2) is 4.39 Å². The summed E-state index contributed by atoms with van der Waals surface area (Å²) in [6, 6.07) is 12.4. The maximum Gasteiger partial charge on any atom is 0.142 e. The number of ether oxygens (including phenoxy) is 1. The summed E-state index contributed by atoms with van der Waals surface area (Å²) in [5, 5.41) is 0.435. The largest absolute Gasteiger partial charge is 0.372 e. The standard InChI is InChI=1S/C14H11Cl2FO/c15-12-6-7-13(17)14(16)11(12)9-18-8-10-4-2-1-3-5-10/h1-7H,8-9H2. The van der Waals surface area contributed by atoms with E-state index < -0.39 is 5.82 Å². The minimum absolute atomic E-state index is 0.0237. The first kappa shape index (κ1) is 13.3. The summed E-state index contributed by atoms with van der Waals surface area (Å²) in [5.41, 5.74) is 1.52. The lowest BCUT2D eigenvalue weighted by Gasteiger charge is -2.09. The van der Waals surface area contributed by atoms with Crippen molar-refractivity contribution in [3.63, 3.8) is 0 Å². The second-order valence-corrected chi connectivity index (χ2v) is 4.59. The summed E-state index contributed by atoms with van der Waals surface area (Å²) in [5.74, 6) is -0.487. The molecule has 0 saturated carbocycles. The number of hydrogen-bond donors (Lipinski definition) is 0. The Balaban J connectivity index is 2.01. The van der Waals surface area contributed by atoms with E-state index in [-0.39, 0.29) is 11.6 Å². The van der Waals surface area contributed by atoms with E-state index >= 15 is 0 Å². The first-order valence-corrected chi connectivity index (χ1v) is 6.18. The third kappa shape index (κ3) is 3.22. The van der Waals surface area contributed by atoms with Crippen molar-refractivity contribution in [2.75, 3.05) is 0 Å². The van der Waals surface area contributed by atoms with Gasteiger partial charge in [-0.1, -0.05) is 53.5 Å². The van der Waals surface area contributed by atoms with Crippen molar-refractivity contribution in [1.82, 2.24) is 0 Å². The Labute approximate surface area is 115 Å². The van der Waals surface area contributed by atoms with Crippen LogP contribution < -0.4 is 0 Å². The quantitative estimate of drug-likeness (QED) is 0.730. The maximum atomic E-state index is 13.3. The number of halogens is 3. The molecule has 0 amide bonds. The zero-order chi connectivity index (χ0) is 13.0. The van der Waals surface area contributed by atoms with Crippen LogP contribution in [-0.2, 0) is 18.0 Å². The average Bonchev–Trinajstić information content (AvgIpc) is 2.39. The van der Waals surface area contributed by atoms with Crippen LogP contribution >= 0.6 is 23.2 Å². The van der Waals surface area contributed by atoms with Gasteiger partial charge in [0.25, 0.3) is 0 Å². The molecule has 0 saturated heterocycles. The molecule has 0 aromatic heterocycles. The summed E-state index contributed by atoms with van der Waals surface area (Å²) in [6.45, 7) is 0.619. The van der Waals surface area contributed by atoms with Crippen LogP contribution in [0.15, 0.2) is 42.5 Å². The van der Waals surface area contributed by atoms with Gasteiger partial charge >= 0.3 is 0 Å². The van der Waals surface area contributed by atoms with Gasteiger partial charge in [-0.2, -0.15) is 0 Å². The first-order valence-electron chi connectivity index (χ1n) is 5.42. The molecule has 2 aromatic rings. The van der Waals surface area contributed by atoms with Crippen molar-refractivity contribution in [1.29, 1.82) is 0 Å². The van der Waals surface area contributed by atoms with Crippen molar-refractivity contribution in [3.8, 4) is 0 Å². The van der Waals surface area contributed by atoms with Crippen molar-refractivity contribution in [2.45, 2.75) is 13.2 Å². The molecule has 0 unspecified atom stereocenters. The predicted molar refractivity (Wildman–Crippen MR) is 71.4 cm³/mol. The molecule has 0 aliphatic rings. The van der Waals surface area contributed by atoms with Gasteiger partial charge in [0.1, 0.15) is 5.82 Å². The summed E-state index contributed by atoms with van der Waals surface area (Å²) in [6.07, 6.45) is 0. The number of rotatable bonds is 4. The first-order chi connectivity index (χ1) is 8.68. The fraction of sp³-hybridized carbons (Fsp3) is 0.143. The molecule has 0 radical (unpaired) electrons. The van der Waals surface area contributed by atoms with Gasteiger partial charge in [0, 0.05) is 10.6 Å². The number of benzene rings is 2. The van der Waals surface area contributed by atoms with Crippen LogP contribution in [0.3, 0.4) is 0 Å². The van der Waals surface area contributed by atoms with Crippen LogP contribution in [-0.4, -0.2) is 0 Å². The second kappa shape index (κ2) is 6.19. The van der Waals surface area contributed by atoms with Gasteiger partial charge in [-0.3, -0.25) is 0 Å². The van der Waals surface area contributed by atoms with E-state index in [1.807, 2.05) is 30.3 Å². The fourth-order valence-corrected chi connectivity index (χ4v) is 2.03. The Hall–Kier alpha value is -1.09. The monoisotopic (exact) mass is 284 g/mol. The Morgan fingerprint density at radius 2 is 1.67 bits per heavy atom. The van der Waals surface area contributed by atoms with Gasteiger partial charge in [-0.15, -0.1) is 0 Å². The third-order valence-corrected chi connectivity index (χ3v) is 3.26. The number of hydrogen-bond acceptors (Lipinski definition) is 1. The predicted octanol–water partition coefficient (Wildman–Crippen LogP) is 4.85. The zero-order valence-electron chi connectivity index (χ0n) is 9.50. The van der Waals surface area contributed by atoms with E-state index in [2.05, 4.69) is 0 Å². The van der Waals surface area contributed by atoms with Crippen LogP contribution in [0, 0.1) is 5.82 Å². The molecule has 0 N–H and O–H groups in total. The van der Waals surface area contributed by atoms with Crippen LogP contribution in [0.1, 0.15) is 11.1 Å². The molecular weight excluding hydrogens is 274 g/mol. The molecule has 2 rings (SSSR count). The molecule has 0 bridgehead atoms. The average molecular weight is 285 g/mol. The molecule has 0 spiro atoms. The van der Waals surface area contributed by atoms with E-state index in [9.17, 15) is 4.39 Å². The lowest BCUT2D eigenvalue weighted by atomic mass is 10.2. The second-order valence-electron chi connectivity index (χ2n) is 3.80. The Morgan fingerprint density at radius 3 is 2.39 bits per heavy atom. The SMILES string of the molecule is Fc1ccc(Cl)c(COCc2ccccc2)c1Cl. The van der Waals surface area contributed by atoms with Gasteiger partial charge in [0.2, 0.25) is 0 Å². The van der Waals surface area contributed by atoms with E-state index in [0.717, 1.165) is 5.56 Å². The molecule has 0 atom stereocenters. The van der Waals surface area contributed by atoms with E-state index in [1.54, 1.807) is 0 Å². The van der Waals surface area contributed by atoms with E-state index in [0.29, 0.717) is 17.2 Å². The molecule has 0 aliphatic carbocycles. The Bertz CT molecular complexity index is 529. The highest BCUT2D eigenvalue weighted by Crippen LogP contribution is 2.28. The molecule has 2 aromatic carbocycles. The molecule has 94 valence electrons. The van der Waals surface area contributed by atoms with Crippen molar-refractivity contribution in [3.05, 3.63) is 69.5 Å². The van der Waals surface area contributed by atoms with Crippen LogP contribution in [0.25, 0.3) is 0 Å². The highest BCUT2D eigenvalue weighted by molar-refractivity contribution is 6.36. The van der Waals surface area contributed by atoms with Gasteiger partial charge in [0.15, 0.2) is 0 Å². The van der Waals surface area contributed by atoms with Crippen molar-refractivity contribution >= 4 is 23.2 Å². The van der Waals surface area contributed by atoms with E-state index in [1.165, 1.54) is 12.1 Å². The van der Waals surface area contributed by atoms with Crippen LogP contribution in [0.2, 0.25) is 10.0 Å². The van der Waals surface area contributed by atoms with Gasteiger partial charge in [0.05, 0.1) is 18.2 Å². The van der Waals surface area contributed by atoms with Gasteiger partial charge in [-0.05, 0) is 17.7 Å². The van der Waals surface area contributed by atoms with E-state index in [4.69, 9.17) is 27.9 Å². The Morgan fingerprint density at radius 1 is 0.944 bits per heavy atom. The smallest absolute Gasteiger partial charge is 0.142 e. The maximum absolute atomic E-state index is 13.3. The molecular formula is C14H11Cl2FO. The summed E-state index contributed by atoms with van der Waals surface area (Å²) in [4.78, 5) is 0. The molecule has 0 heterocycles. The Kier molecular flexibility index (Phi) is 4.59. The third-order valence-electron chi connectivity index (χ3n) is 2.50. The van der Waals surface area contributed by atoms with Crippen molar-refractivity contribution < 1.29 is 9.13 Å². The summed E-state index contributed by atoms with van der Waals surface area (Å²) < 4.78 is 18.8. The molecule has 0 fully saturated rings. The molecule has 18 heavy (non-hydrogen) atoms. The zero-order valence-corrected chi connectivity index (χ0v) is 11.0. The highest BCUT2D eigenvalue weighted by atomic mass is 35.5. The fourth-order valence-electron chi connectivity index (χ4n) is 1.55. The molecule has 0 aliphatic heterocycles.